The van der Waals surface area contributed by atoms with Crippen molar-refractivity contribution in [3.8, 4) is 0 Å². The van der Waals surface area contributed by atoms with Gasteiger partial charge in [-0.25, -0.2) is 0 Å². The summed E-state index contributed by atoms with van der Waals surface area (Å²) in [5.74, 6) is 0.870. The number of hydrogen-bond donors (Lipinski definition) is 0. The van der Waals surface area contributed by atoms with E-state index >= 15 is 0 Å². The maximum Gasteiger partial charge on any atom is 0.136 e. The molecule has 1 aromatic carbocycles. The Bertz CT molecular complexity index is 375. The largest absolute Gasteiger partial charge is 0.358 e. The van der Waals surface area contributed by atoms with Gasteiger partial charge in [0.1, 0.15) is 4.32 Å². The number of likely N-dealkylation sites (tertiary alicyclic amines) is 1. The molecule has 0 saturated carbocycles. The molecule has 0 N–H and O–H groups in total. The van der Waals surface area contributed by atoms with E-state index in [0.29, 0.717) is 0 Å². The number of benzene rings is 1. The van der Waals surface area contributed by atoms with Crippen molar-refractivity contribution in [3.63, 3.8) is 0 Å². The van der Waals surface area contributed by atoms with Crippen LogP contribution >= 0.6 is 35.6 Å². The quantitative estimate of drug-likeness (QED) is 0.750. The molecule has 16 heavy (non-hydrogen) atoms. The van der Waals surface area contributed by atoms with E-state index < -0.39 is 0 Å². The van der Waals surface area contributed by atoms with Gasteiger partial charge in [-0.05, 0) is 24.5 Å². The molecule has 0 spiro atoms. The van der Waals surface area contributed by atoms with Crippen molar-refractivity contribution in [2.75, 3.05) is 13.1 Å². The molecule has 0 atom stereocenters. The first-order chi connectivity index (χ1) is 7.77. The Balaban J connectivity index is 1.87. The molecular formula is C12H14ClNS2. The van der Waals surface area contributed by atoms with Crippen LogP contribution in [0.1, 0.15) is 18.4 Å². The molecule has 0 aromatic heterocycles. The van der Waals surface area contributed by atoms with Gasteiger partial charge in [-0.2, -0.15) is 0 Å². The molecule has 1 nitrogen and oxygen atoms in total. The van der Waals surface area contributed by atoms with Crippen LogP contribution in [0.2, 0.25) is 5.02 Å². The fourth-order valence-electron chi connectivity index (χ4n) is 1.75. The third-order valence-electron chi connectivity index (χ3n) is 2.67. The van der Waals surface area contributed by atoms with E-state index in [2.05, 4.69) is 11.0 Å². The Kier molecular flexibility index (Phi) is 4.50. The monoisotopic (exact) mass is 271 g/mol. The highest BCUT2D eigenvalue weighted by atomic mass is 35.5. The first kappa shape index (κ1) is 12.2. The van der Waals surface area contributed by atoms with Gasteiger partial charge in [-0.3, -0.25) is 0 Å². The number of rotatable bonds is 2. The highest BCUT2D eigenvalue weighted by Gasteiger charge is 2.15. The van der Waals surface area contributed by atoms with E-state index in [1.54, 1.807) is 11.8 Å². The highest BCUT2D eigenvalue weighted by molar-refractivity contribution is 8.22. The van der Waals surface area contributed by atoms with Gasteiger partial charge in [-0.15, -0.1) is 0 Å². The zero-order valence-electron chi connectivity index (χ0n) is 8.99. The summed E-state index contributed by atoms with van der Waals surface area (Å²) >= 11 is 13.2. The molecule has 0 radical (unpaired) electrons. The van der Waals surface area contributed by atoms with Crippen molar-refractivity contribution in [1.82, 2.24) is 4.90 Å². The molecule has 0 aliphatic carbocycles. The Hall–Kier alpha value is -0.250. The van der Waals surface area contributed by atoms with E-state index in [4.69, 9.17) is 23.8 Å². The van der Waals surface area contributed by atoms with E-state index in [1.165, 1.54) is 12.8 Å². The van der Waals surface area contributed by atoms with Crippen LogP contribution in [0, 0.1) is 0 Å². The third-order valence-corrected chi connectivity index (χ3v) is 4.61. The SMILES string of the molecule is S=C(SCc1ccccc1Cl)N1CCCC1. The van der Waals surface area contributed by atoms with Gasteiger partial charge in [0.2, 0.25) is 0 Å². The number of thiocarbonyl (C=S) groups is 1. The van der Waals surface area contributed by atoms with Crippen LogP contribution in [0.25, 0.3) is 0 Å². The van der Waals surface area contributed by atoms with Crippen molar-refractivity contribution >= 4 is 39.9 Å². The first-order valence-electron chi connectivity index (χ1n) is 5.42. The van der Waals surface area contributed by atoms with Crippen LogP contribution in [-0.4, -0.2) is 22.3 Å². The van der Waals surface area contributed by atoms with E-state index in [9.17, 15) is 0 Å². The fourth-order valence-corrected chi connectivity index (χ4v) is 3.28. The topological polar surface area (TPSA) is 3.24 Å². The van der Waals surface area contributed by atoms with E-state index in [0.717, 1.165) is 33.7 Å². The van der Waals surface area contributed by atoms with Gasteiger partial charge in [-0.1, -0.05) is 53.8 Å². The van der Waals surface area contributed by atoms with E-state index in [1.807, 2.05) is 18.2 Å². The molecule has 86 valence electrons. The molecule has 0 amide bonds. The van der Waals surface area contributed by atoms with Crippen LogP contribution in [0.4, 0.5) is 0 Å². The molecule has 1 aromatic rings. The van der Waals surface area contributed by atoms with Crippen LogP contribution in [-0.2, 0) is 5.75 Å². The van der Waals surface area contributed by atoms with Gasteiger partial charge in [0.05, 0.1) is 0 Å². The molecule has 1 aliphatic heterocycles. The van der Waals surface area contributed by atoms with Gasteiger partial charge < -0.3 is 4.90 Å². The summed E-state index contributed by atoms with van der Waals surface area (Å²) in [6.45, 7) is 2.24. The van der Waals surface area contributed by atoms with Crippen LogP contribution in [0.5, 0.6) is 0 Å². The lowest BCUT2D eigenvalue weighted by Gasteiger charge is -2.17. The summed E-state index contributed by atoms with van der Waals surface area (Å²) in [7, 11) is 0. The summed E-state index contributed by atoms with van der Waals surface area (Å²) in [5.41, 5.74) is 1.16. The Morgan fingerprint density at radius 3 is 2.69 bits per heavy atom. The van der Waals surface area contributed by atoms with Crippen LogP contribution < -0.4 is 0 Å². The zero-order chi connectivity index (χ0) is 11.4. The molecule has 1 saturated heterocycles. The van der Waals surface area contributed by atoms with Gasteiger partial charge >= 0.3 is 0 Å². The molecule has 1 aliphatic rings. The maximum atomic E-state index is 6.10. The summed E-state index contributed by atoms with van der Waals surface area (Å²) in [6.07, 6.45) is 2.54. The number of nitrogens with zero attached hydrogens (tertiary/aromatic N) is 1. The minimum absolute atomic E-state index is 0.833. The summed E-state index contributed by atoms with van der Waals surface area (Å²) in [6, 6.07) is 7.95. The number of thioether (sulfide) groups is 1. The van der Waals surface area contributed by atoms with Gasteiger partial charge in [0.25, 0.3) is 0 Å². The van der Waals surface area contributed by atoms with E-state index in [-0.39, 0.29) is 0 Å². The van der Waals surface area contributed by atoms with Crippen molar-refractivity contribution in [2.24, 2.45) is 0 Å². The molecule has 0 bridgehead atoms. The van der Waals surface area contributed by atoms with Crippen LogP contribution in [0.15, 0.2) is 24.3 Å². The Morgan fingerprint density at radius 2 is 2.00 bits per heavy atom. The number of hydrogen-bond acceptors (Lipinski definition) is 2. The Labute approximate surface area is 111 Å². The minimum atomic E-state index is 0.833. The lowest BCUT2D eigenvalue weighted by molar-refractivity contribution is 0.539. The summed E-state index contributed by atoms with van der Waals surface area (Å²) in [5, 5.41) is 0.833. The lowest BCUT2D eigenvalue weighted by atomic mass is 10.2. The average molecular weight is 272 g/mol. The Morgan fingerprint density at radius 1 is 1.31 bits per heavy atom. The second-order valence-corrected chi connectivity index (χ2v) is 5.86. The minimum Gasteiger partial charge on any atom is -0.358 e. The summed E-state index contributed by atoms with van der Waals surface area (Å²) < 4.78 is 1.01. The van der Waals surface area contributed by atoms with Crippen LogP contribution in [0.3, 0.4) is 0 Å². The maximum absolute atomic E-state index is 6.10. The second-order valence-electron chi connectivity index (χ2n) is 3.84. The second kappa shape index (κ2) is 5.89. The smallest absolute Gasteiger partial charge is 0.136 e. The van der Waals surface area contributed by atoms with Crippen molar-refractivity contribution in [1.29, 1.82) is 0 Å². The van der Waals surface area contributed by atoms with Gasteiger partial charge in [0.15, 0.2) is 0 Å². The van der Waals surface area contributed by atoms with Crippen molar-refractivity contribution in [2.45, 2.75) is 18.6 Å². The predicted molar refractivity (Wildman–Crippen MR) is 76.2 cm³/mol. The van der Waals surface area contributed by atoms with Crippen molar-refractivity contribution in [3.05, 3.63) is 34.9 Å². The molecular weight excluding hydrogens is 258 g/mol. The normalized spacial score (nSPS) is 15.4. The van der Waals surface area contributed by atoms with Gasteiger partial charge in [0, 0.05) is 23.9 Å². The lowest BCUT2D eigenvalue weighted by Crippen LogP contribution is -2.23. The third kappa shape index (κ3) is 3.12. The molecule has 1 heterocycles. The highest BCUT2D eigenvalue weighted by Crippen LogP contribution is 2.24. The standard InChI is InChI=1S/C12H14ClNS2/c13-11-6-2-1-5-10(11)9-16-12(15)14-7-3-4-8-14/h1-2,5-6H,3-4,7-9H2. The molecule has 0 unspecified atom stereocenters. The fraction of sp³-hybridized carbons (Fsp3) is 0.417. The molecule has 2 rings (SSSR count). The molecule has 4 heteroatoms. The summed E-state index contributed by atoms with van der Waals surface area (Å²) in [4.78, 5) is 2.29. The molecule has 1 fully saturated rings. The zero-order valence-corrected chi connectivity index (χ0v) is 11.4. The van der Waals surface area contributed by atoms with Crippen molar-refractivity contribution < 1.29 is 0 Å². The average Bonchev–Trinajstić information content (AvgIpc) is 2.81. The first-order valence-corrected chi connectivity index (χ1v) is 7.19. The number of halogens is 1. The predicted octanol–water partition coefficient (Wildman–Crippen LogP) is 3.95.